The highest BCUT2D eigenvalue weighted by Crippen LogP contribution is 2.55. The van der Waals surface area contributed by atoms with Crippen LogP contribution in [0.5, 0.6) is 5.75 Å². The van der Waals surface area contributed by atoms with Gasteiger partial charge < -0.3 is 9.64 Å². The second-order valence-electron chi connectivity index (χ2n) is 7.03. The zero-order valence-corrected chi connectivity index (χ0v) is 12.7. The molecule has 1 aromatic rings. The number of ether oxygens (including phenoxy) is 1. The van der Waals surface area contributed by atoms with Gasteiger partial charge in [0.15, 0.2) is 0 Å². The molecule has 1 aliphatic heterocycles. The van der Waals surface area contributed by atoms with E-state index in [1.165, 1.54) is 36.8 Å². The van der Waals surface area contributed by atoms with E-state index in [-0.39, 0.29) is 5.41 Å². The van der Waals surface area contributed by atoms with Crippen LogP contribution in [-0.4, -0.2) is 31.1 Å². The lowest BCUT2D eigenvalue weighted by atomic mass is 9.52. The van der Waals surface area contributed by atoms with Crippen LogP contribution in [0.1, 0.15) is 56.9 Å². The van der Waals surface area contributed by atoms with E-state index in [0.29, 0.717) is 17.7 Å². The van der Waals surface area contributed by atoms with Gasteiger partial charge in [0.1, 0.15) is 5.75 Å². The van der Waals surface area contributed by atoms with Crippen molar-refractivity contribution in [1.82, 2.24) is 4.90 Å². The highest BCUT2D eigenvalue weighted by atomic mass is 16.5. The van der Waals surface area contributed by atoms with Crippen molar-refractivity contribution in [2.24, 2.45) is 5.92 Å². The minimum absolute atomic E-state index is 0.148. The van der Waals surface area contributed by atoms with Crippen molar-refractivity contribution in [3.63, 3.8) is 0 Å². The zero-order chi connectivity index (χ0) is 18.7. The molecular weight excluding hydrogens is 258 g/mol. The summed E-state index contributed by atoms with van der Waals surface area (Å²) in [6.45, 7) is -4.41. The van der Waals surface area contributed by atoms with Crippen LogP contribution in [0.4, 0.5) is 0 Å². The lowest BCUT2D eigenvalue weighted by Gasteiger charge is -2.58. The van der Waals surface area contributed by atoms with Crippen LogP contribution in [0.25, 0.3) is 0 Å². The predicted molar refractivity (Wildman–Crippen MR) is 86.0 cm³/mol. The van der Waals surface area contributed by atoms with E-state index in [2.05, 4.69) is 11.9 Å². The highest BCUT2D eigenvalue weighted by molar-refractivity contribution is 5.45. The van der Waals surface area contributed by atoms with E-state index in [0.717, 1.165) is 19.4 Å². The van der Waals surface area contributed by atoms with Crippen LogP contribution < -0.4 is 4.74 Å². The maximum absolute atomic E-state index is 7.78. The Balaban J connectivity index is 1.74. The minimum Gasteiger partial charge on any atom is -0.494 e. The number of rotatable bonds is 2. The Labute approximate surface area is 135 Å². The number of fused-ring (bicyclic) bond motifs is 1. The van der Waals surface area contributed by atoms with Gasteiger partial charge in [0, 0.05) is 15.6 Å². The number of benzene rings is 1. The van der Waals surface area contributed by atoms with E-state index >= 15 is 0 Å². The molecule has 2 fully saturated rings. The number of piperidine rings is 1. The Kier molecular flexibility index (Phi) is 2.20. The minimum atomic E-state index is -2.81. The molecule has 0 spiro atoms. The van der Waals surface area contributed by atoms with Crippen molar-refractivity contribution in [2.45, 2.75) is 56.8 Å². The predicted octanol–water partition coefficient (Wildman–Crippen LogP) is 3.77. The molecule has 3 atom stereocenters. The second kappa shape index (κ2) is 5.01. The third-order valence-electron chi connectivity index (χ3n) is 6.25. The number of nitrogens with zero attached hydrogens (tertiary/aromatic N) is 1. The normalized spacial score (nSPS) is 39.8. The molecule has 1 heterocycles. The molecule has 4 rings (SSSR count). The molecule has 0 radical (unpaired) electrons. The monoisotopic (exact) mass is 290 g/mol. The van der Waals surface area contributed by atoms with Crippen molar-refractivity contribution in [3.8, 4) is 5.75 Å². The van der Waals surface area contributed by atoms with Crippen LogP contribution in [0.3, 0.4) is 0 Å². The van der Waals surface area contributed by atoms with Crippen LogP contribution in [0.15, 0.2) is 18.2 Å². The largest absolute Gasteiger partial charge is 0.494 e. The Morgan fingerprint density at radius 1 is 1.43 bits per heavy atom. The Hall–Kier alpha value is -1.02. The van der Waals surface area contributed by atoms with E-state index in [1.54, 1.807) is 6.07 Å². The zero-order valence-electron chi connectivity index (χ0n) is 17.7. The molecular formula is C19H27NO. The summed E-state index contributed by atoms with van der Waals surface area (Å²) in [6, 6.07) is 6.28. The van der Waals surface area contributed by atoms with Crippen LogP contribution in [0, 0.1) is 5.92 Å². The second-order valence-corrected chi connectivity index (χ2v) is 7.03. The number of likely N-dealkylation sites (tertiary alicyclic amines) is 1. The fraction of sp³-hybridized carbons (Fsp3) is 0.684. The number of likely N-dealkylation sites (N-methyl/N-ethyl adjacent to an activating group) is 1. The van der Waals surface area contributed by atoms with E-state index in [4.69, 9.17) is 11.6 Å². The molecule has 114 valence electrons. The number of hydrogen-bond donors (Lipinski definition) is 0. The van der Waals surface area contributed by atoms with Crippen molar-refractivity contribution in [1.29, 1.82) is 0 Å². The Bertz CT molecular complexity index is 704. The van der Waals surface area contributed by atoms with Crippen LogP contribution >= 0.6 is 0 Å². The van der Waals surface area contributed by atoms with Gasteiger partial charge in [0.25, 0.3) is 0 Å². The number of hydrogen-bond acceptors (Lipinski definition) is 2. The molecule has 0 aromatic heterocycles. The maximum Gasteiger partial charge on any atom is 0.119 e. The molecule has 0 N–H and O–H groups in total. The van der Waals surface area contributed by atoms with Crippen molar-refractivity contribution in [2.75, 3.05) is 20.2 Å². The average molecular weight is 290 g/mol. The summed E-state index contributed by atoms with van der Waals surface area (Å²) >= 11 is 0. The summed E-state index contributed by atoms with van der Waals surface area (Å²) < 4.78 is 43.0. The van der Waals surface area contributed by atoms with E-state index in [1.807, 2.05) is 12.1 Å². The van der Waals surface area contributed by atoms with E-state index in [9.17, 15) is 0 Å². The average Bonchev–Trinajstić information content (AvgIpc) is 2.57. The van der Waals surface area contributed by atoms with Crippen molar-refractivity contribution in [3.05, 3.63) is 29.3 Å². The molecule has 1 saturated heterocycles. The molecule has 21 heavy (non-hydrogen) atoms. The van der Waals surface area contributed by atoms with Gasteiger partial charge in [-0.05, 0) is 75.3 Å². The lowest BCUT2D eigenvalue weighted by Crippen LogP contribution is -2.59. The van der Waals surface area contributed by atoms with Crippen molar-refractivity contribution < 1.29 is 11.6 Å². The maximum atomic E-state index is 7.78. The van der Waals surface area contributed by atoms with Gasteiger partial charge in [-0.25, -0.2) is 0 Å². The standard InChI is InChI=1S/C19H27NO/c1-3-21-15-8-7-14-12-18-16-6-4-5-9-19(16,17(14)13-15)10-11-20(18)2/h7-8,13,16,18H,3-6,9-12H2,1-2H3/t16-,18?,19+/m1/s1/i1D3,3D2. The summed E-state index contributed by atoms with van der Waals surface area (Å²) in [5, 5.41) is 0. The first-order chi connectivity index (χ1) is 12.1. The van der Waals surface area contributed by atoms with Gasteiger partial charge in [-0.2, -0.15) is 0 Å². The molecule has 1 aromatic carbocycles. The lowest BCUT2D eigenvalue weighted by molar-refractivity contribution is 0.00271. The topological polar surface area (TPSA) is 12.5 Å². The molecule has 2 bridgehead atoms. The first-order valence-electron chi connectivity index (χ1n) is 10.7. The van der Waals surface area contributed by atoms with Gasteiger partial charge in [-0.15, -0.1) is 0 Å². The van der Waals surface area contributed by atoms with Gasteiger partial charge in [0.05, 0.1) is 9.30 Å². The Morgan fingerprint density at radius 3 is 3.29 bits per heavy atom. The quantitative estimate of drug-likeness (QED) is 0.822. The molecule has 2 nitrogen and oxygen atoms in total. The van der Waals surface area contributed by atoms with E-state index < -0.39 is 13.4 Å². The first-order valence-corrected chi connectivity index (χ1v) is 8.17. The summed E-state index contributed by atoms with van der Waals surface area (Å²) in [7, 11) is 2.23. The van der Waals surface area contributed by atoms with Gasteiger partial charge in [-0.3, -0.25) is 0 Å². The third kappa shape index (κ3) is 1.95. The molecule has 2 aliphatic carbocycles. The smallest absolute Gasteiger partial charge is 0.119 e. The fourth-order valence-electron chi connectivity index (χ4n) is 5.30. The summed E-state index contributed by atoms with van der Waals surface area (Å²) in [5.41, 5.74) is 2.75. The summed E-state index contributed by atoms with van der Waals surface area (Å²) in [6.07, 6.45) is 7.07. The molecule has 1 unspecified atom stereocenters. The summed E-state index contributed by atoms with van der Waals surface area (Å²) in [4.78, 5) is 2.51. The fourth-order valence-corrected chi connectivity index (χ4v) is 5.30. The molecule has 1 saturated carbocycles. The molecule has 0 amide bonds. The molecule has 3 aliphatic rings. The summed E-state index contributed by atoms with van der Waals surface area (Å²) in [5.74, 6) is 0.970. The third-order valence-corrected chi connectivity index (χ3v) is 6.25. The van der Waals surface area contributed by atoms with Crippen LogP contribution in [0.2, 0.25) is 0 Å². The first kappa shape index (κ1) is 9.19. The molecule has 2 heteroatoms. The van der Waals surface area contributed by atoms with Gasteiger partial charge >= 0.3 is 0 Å². The van der Waals surface area contributed by atoms with Gasteiger partial charge in [0.2, 0.25) is 0 Å². The van der Waals surface area contributed by atoms with Gasteiger partial charge in [-0.1, -0.05) is 18.9 Å². The highest BCUT2D eigenvalue weighted by Gasteiger charge is 2.53. The van der Waals surface area contributed by atoms with Crippen LogP contribution in [-0.2, 0) is 11.8 Å². The Morgan fingerprint density at radius 2 is 2.38 bits per heavy atom. The van der Waals surface area contributed by atoms with Crippen molar-refractivity contribution >= 4 is 0 Å². The SMILES string of the molecule is [2H]C([2H])([2H])C([2H])([2H])Oc1ccc2c(c1)[C@]13CCCC[C@@H]1C(C2)N(C)CC3.